The monoisotopic (exact) mass is 301 g/mol. The zero-order valence-corrected chi connectivity index (χ0v) is 13.3. The second-order valence-corrected chi connectivity index (χ2v) is 6.76. The molecular formula is C18H20FNS. The van der Waals surface area contributed by atoms with Gasteiger partial charge in [-0.15, -0.1) is 11.8 Å². The van der Waals surface area contributed by atoms with Crippen LogP contribution in [0.15, 0.2) is 41.3 Å². The molecule has 1 nitrogen and oxygen atoms in total. The van der Waals surface area contributed by atoms with Gasteiger partial charge in [-0.3, -0.25) is 0 Å². The highest BCUT2D eigenvalue weighted by molar-refractivity contribution is 7.99. The third-order valence-electron chi connectivity index (χ3n) is 4.18. The highest BCUT2D eigenvalue weighted by Gasteiger charge is 2.21. The molecule has 3 heteroatoms. The molecule has 110 valence electrons. The van der Waals surface area contributed by atoms with Crippen molar-refractivity contribution in [3.8, 4) is 0 Å². The molecule has 1 atom stereocenters. The van der Waals surface area contributed by atoms with Crippen molar-refractivity contribution in [1.82, 2.24) is 5.32 Å². The summed E-state index contributed by atoms with van der Waals surface area (Å²) in [5, 5.41) is 3.62. The zero-order valence-electron chi connectivity index (χ0n) is 12.4. The number of benzene rings is 2. The van der Waals surface area contributed by atoms with Crippen LogP contribution in [0.1, 0.15) is 34.7 Å². The van der Waals surface area contributed by atoms with Gasteiger partial charge in [-0.1, -0.05) is 18.2 Å². The summed E-state index contributed by atoms with van der Waals surface area (Å²) in [6, 6.07) is 11.8. The molecule has 1 N–H and O–H groups in total. The van der Waals surface area contributed by atoms with Crippen LogP contribution in [0.5, 0.6) is 0 Å². The predicted molar refractivity (Wildman–Crippen MR) is 87.2 cm³/mol. The molecule has 0 radical (unpaired) electrons. The predicted octanol–water partition coefficient (Wildman–Crippen LogP) is 4.77. The molecule has 0 aromatic heterocycles. The highest BCUT2D eigenvalue weighted by atomic mass is 32.2. The molecule has 0 bridgehead atoms. The van der Waals surface area contributed by atoms with E-state index in [1.54, 1.807) is 12.1 Å². The van der Waals surface area contributed by atoms with Crippen LogP contribution >= 0.6 is 11.8 Å². The molecule has 1 aliphatic heterocycles. The summed E-state index contributed by atoms with van der Waals surface area (Å²) in [6.45, 7) is 5.13. The van der Waals surface area contributed by atoms with Gasteiger partial charge in [0.15, 0.2) is 0 Å². The van der Waals surface area contributed by atoms with Crippen molar-refractivity contribution < 1.29 is 4.39 Å². The lowest BCUT2D eigenvalue weighted by Crippen LogP contribution is -2.25. The van der Waals surface area contributed by atoms with Crippen LogP contribution in [-0.2, 0) is 6.54 Å². The normalized spacial score (nSPS) is 17.6. The largest absolute Gasteiger partial charge is 0.306 e. The average Bonchev–Trinajstić information content (AvgIpc) is 2.47. The van der Waals surface area contributed by atoms with E-state index in [9.17, 15) is 4.39 Å². The lowest BCUT2D eigenvalue weighted by atomic mass is 10.0. The van der Waals surface area contributed by atoms with Crippen LogP contribution in [0.4, 0.5) is 4.39 Å². The van der Waals surface area contributed by atoms with E-state index >= 15 is 0 Å². The Morgan fingerprint density at radius 1 is 1.19 bits per heavy atom. The third-order valence-corrected chi connectivity index (χ3v) is 5.30. The molecule has 2 aromatic carbocycles. The van der Waals surface area contributed by atoms with Crippen molar-refractivity contribution in [2.75, 3.05) is 5.75 Å². The minimum atomic E-state index is -0.143. The van der Waals surface area contributed by atoms with Crippen molar-refractivity contribution in [3.05, 3.63) is 64.5 Å². The maximum Gasteiger partial charge on any atom is 0.123 e. The molecule has 0 fully saturated rings. The zero-order chi connectivity index (χ0) is 14.8. The number of halogens is 1. The fourth-order valence-electron chi connectivity index (χ4n) is 2.93. The minimum Gasteiger partial charge on any atom is -0.306 e. The van der Waals surface area contributed by atoms with Gasteiger partial charge in [0.05, 0.1) is 0 Å². The Morgan fingerprint density at radius 2 is 1.95 bits per heavy atom. The van der Waals surface area contributed by atoms with E-state index in [1.165, 1.54) is 21.6 Å². The van der Waals surface area contributed by atoms with Gasteiger partial charge >= 0.3 is 0 Å². The fourth-order valence-corrected chi connectivity index (χ4v) is 4.04. The summed E-state index contributed by atoms with van der Waals surface area (Å²) < 4.78 is 13.5. The lowest BCUT2D eigenvalue weighted by molar-refractivity contribution is 0.503. The first kappa shape index (κ1) is 14.6. The Hall–Kier alpha value is -1.32. The highest BCUT2D eigenvalue weighted by Crippen LogP contribution is 2.36. The molecule has 2 aromatic rings. The maximum atomic E-state index is 13.5. The Bertz CT molecular complexity index is 633. The van der Waals surface area contributed by atoms with Crippen molar-refractivity contribution in [3.63, 3.8) is 0 Å². The summed E-state index contributed by atoms with van der Waals surface area (Å²) in [5.74, 6) is 0.943. The van der Waals surface area contributed by atoms with Crippen LogP contribution in [-0.4, -0.2) is 5.75 Å². The van der Waals surface area contributed by atoms with Crippen molar-refractivity contribution >= 4 is 11.8 Å². The smallest absolute Gasteiger partial charge is 0.123 e. The number of aryl methyl sites for hydroxylation is 2. The van der Waals surface area contributed by atoms with Gasteiger partial charge in [-0.05, 0) is 66.5 Å². The van der Waals surface area contributed by atoms with Crippen LogP contribution in [0.3, 0.4) is 0 Å². The summed E-state index contributed by atoms with van der Waals surface area (Å²) in [6.07, 6.45) is 1.05. The lowest BCUT2D eigenvalue weighted by Gasteiger charge is -2.26. The molecule has 0 saturated carbocycles. The second kappa shape index (κ2) is 6.20. The van der Waals surface area contributed by atoms with Crippen LogP contribution < -0.4 is 5.32 Å². The quantitative estimate of drug-likeness (QED) is 0.876. The minimum absolute atomic E-state index is 0.143. The molecule has 0 amide bonds. The molecule has 3 rings (SSSR count). The van der Waals surface area contributed by atoms with Crippen LogP contribution in [0, 0.1) is 19.7 Å². The molecule has 1 unspecified atom stereocenters. The first-order valence-corrected chi connectivity index (χ1v) is 8.34. The van der Waals surface area contributed by atoms with E-state index in [1.807, 2.05) is 17.8 Å². The van der Waals surface area contributed by atoms with Crippen LogP contribution in [0.25, 0.3) is 0 Å². The third kappa shape index (κ3) is 3.14. The van der Waals surface area contributed by atoms with Gasteiger partial charge in [-0.25, -0.2) is 4.39 Å². The molecule has 0 spiro atoms. The average molecular weight is 301 g/mol. The molecule has 0 saturated heterocycles. The van der Waals surface area contributed by atoms with Crippen molar-refractivity contribution in [1.29, 1.82) is 0 Å². The van der Waals surface area contributed by atoms with E-state index in [0.717, 1.165) is 24.3 Å². The molecule has 1 aliphatic rings. The second-order valence-electron chi connectivity index (χ2n) is 5.62. The number of hydrogen-bond acceptors (Lipinski definition) is 2. The Balaban J connectivity index is 1.80. The fraction of sp³-hybridized carbons (Fsp3) is 0.333. The van der Waals surface area contributed by atoms with E-state index < -0.39 is 0 Å². The standard InChI is InChI=1S/C18H20FNS/c1-12-4-3-5-13(2)16(12)11-20-17-8-9-21-18-7-6-14(19)10-15(17)18/h3-7,10,17,20H,8-9,11H2,1-2H3. The van der Waals surface area contributed by atoms with E-state index in [0.29, 0.717) is 0 Å². The number of nitrogens with one attached hydrogen (secondary N) is 1. The topological polar surface area (TPSA) is 12.0 Å². The van der Waals surface area contributed by atoms with Crippen molar-refractivity contribution in [2.24, 2.45) is 0 Å². The molecular weight excluding hydrogens is 281 g/mol. The van der Waals surface area contributed by atoms with Gasteiger partial charge in [0, 0.05) is 17.5 Å². The Labute approximate surface area is 130 Å². The van der Waals surface area contributed by atoms with Gasteiger partial charge in [0.2, 0.25) is 0 Å². The van der Waals surface area contributed by atoms with Gasteiger partial charge in [0.1, 0.15) is 5.82 Å². The summed E-state index contributed by atoms with van der Waals surface area (Å²) in [5.41, 5.74) is 5.09. The SMILES string of the molecule is Cc1cccc(C)c1CNC1CCSc2ccc(F)cc21. The van der Waals surface area contributed by atoms with E-state index in [-0.39, 0.29) is 11.9 Å². The first-order valence-electron chi connectivity index (χ1n) is 7.36. The van der Waals surface area contributed by atoms with Crippen LogP contribution in [0.2, 0.25) is 0 Å². The molecule has 21 heavy (non-hydrogen) atoms. The number of rotatable bonds is 3. The molecule has 1 heterocycles. The summed E-state index contributed by atoms with van der Waals surface area (Å²) in [7, 11) is 0. The van der Waals surface area contributed by atoms with Gasteiger partial charge in [-0.2, -0.15) is 0 Å². The summed E-state index contributed by atoms with van der Waals surface area (Å²) >= 11 is 1.82. The Kier molecular flexibility index (Phi) is 4.32. The van der Waals surface area contributed by atoms with Gasteiger partial charge in [0.25, 0.3) is 0 Å². The van der Waals surface area contributed by atoms with E-state index in [4.69, 9.17) is 0 Å². The van der Waals surface area contributed by atoms with E-state index in [2.05, 4.69) is 37.4 Å². The first-order chi connectivity index (χ1) is 10.1. The Morgan fingerprint density at radius 3 is 2.71 bits per heavy atom. The summed E-state index contributed by atoms with van der Waals surface area (Å²) in [4.78, 5) is 1.21. The number of hydrogen-bond donors (Lipinski definition) is 1. The number of thioether (sulfide) groups is 1. The maximum absolute atomic E-state index is 13.5. The molecule has 0 aliphatic carbocycles. The van der Waals surface area contributed by atoms with Gasteiger partial charge < -0.3 is 5.32 Å². The number of fused-ring (bicyclic) bond motifs is 1. The van der Waals surface area contributed by atoms with Crippen molar-refractivity contribution in [2.45, 2.75) is 37.8 Å².